The Kier molecular flexibility index (Phi) is 9.24. The number of piperidine rings is 1. The molecule has 5 nitrogen and oxygen atoms in total. The van der Waals surface area contributed by atoms with E-state index < -0.39 is 0 Å². The van der Waals surface area contributed by atoms with Crippen LogP contribution < -0.4 is 10.6 Å². The van der Waals surface area contributed by atoms with Crippen molar-refractivity contribution < 1.29 is 14.3 Å². The van der Waals surface area contributed by atoms with E-state index in [0.717, 1.165) is 45.7 Å². The number of ether oxygens (including phenoxy) is 2. The van der Waals surface area contributed by atoms with Crippen LogP contribution in [0.15, 0.2) is 0 Å². The lowest BCUT2D eigenvalue weighted by Crippen LogP contribution is -2.48. The molecule has 2 aliphatic rings. The zero-order valence-electron chi connectivity index (χ0n) is 12.9. The van der Waals surface area contributed by atoms with E-state index in [4.69, 9.17) is 9.47 Å². The molecule has 1 unspecified atom stereocenters. The van der Waals surface area contributed by atoms with Crippen molar-refractivity contribution in [3.63, 3.8) is 0 Å². The first-order valence-corrected chi connectivity index (χ1v) is 7.99. The van der Waals surface area contributed by atoms with Gasteiger partial charge in [0.15, 0.2) is 0 Å². The molecular weight excluding hydrogens is 292 g/mol. The van der Waals surface area contributed by atoms with Gasteiger partial charge in [-0.25, -0.2) is 0 Å². The summed E-state index contributed by atoms with van der Waals surface area (Å²) in [5.74, 6) is 0.936. The summed E-state index contributed by atoms with van der Waals surface area (Å²) >= 11 is 0. The molecule has 1 atom stereocenters. The predicted molar refractivity (Wildman–Crippen MR) is 84.8 cm³/mol. The van der Waals surface area contributed by atoms with Crippen molar-refractivity contribution in [2.75, 3.05) is 39.5 Å². The SMILES string of the molecule is CCOC(=O)C(NCC1CCNCC1)C1CCOCC1.Cl. The van der Waals surface area contributed by atoms with Gasteiger partial charge in [-0.3, -0.25) is 4.79 Å². The van der Waals surface area contributed by atoms with Crippen LogP contribution in [0.1, 0.15) is 32.6 Å². The smallest absolute Gasteiger partial charge is 0.323 e. The van der Waals surface area contributed by atoms with Crippen LogP contribution in [0.2, 0.25) is 0 Å². The van der Waals surface area contributed by atoms with E-state index in [9.17, 15) is 4.79 Å². The third-order valence-corrected chi connectivity index (χ3v) is 4.36. The molecule has 0 spiro atoms. The largest absolute Gasteiger partial charge is 0.465 e. The lowest BCUT2D eigenvalue weighted by molar-refractivity contribution is -0.148. The molecule has 2 heterocycles. The maximum atomic E-state index is 12.2. The van der Waals surface area contributed by atoms with Crippen molar-refractivity contribution in [2.45, 2.75) is 38.6 Å². The van der Waals surface area contributed by atoms with Crippen molar-refractivity contribution in [3.05, 3.63) is 0 Å². The molecule has 0 saturated carbocycles. The van der Waals surface area contributed by atoms with Gasteiger partial charge in [0.2, 0.25) is 0 Å². The minimum Gasteiger partial charge on any atom is -0.465 e. The Hall–Kier alpha value is -0.360. The summed E-state index contributed by atoms with van der Waals surface area (Å²) in [5, 5.41) is 6.86. The average Bonchev–Trinajstić information content (AvgIpc) is 2.50. The second-order valence-electron chi connectivity index (χ2n) is 5.78. The van der Waals surface area contributed by atoms with Crippen LogP contribution >= 0.6 is 12.4 Å². The minimum absolute atomic E-state index is 0. The second-order valence-corrected chi connectivity index (χ2v) is 5.78. The van der Waals surface area contributed by atoms with Crippen molar-refractivity contribution >= 4 is 18.4 Å². The molecule has 124 valence electrons. The van der Waals surface area contributed by atoms with Crippen LogP contribution in [0.25, 0.3) is 0 Å². The number of nitrogens with one attached hydrogen (secondary N) is 2. The second kappa shape index (κ2) is 10.4. The molecule has 2 fully saturated rings. The van der Waals surface area contributed by atoms with Crippen LogP contribution in [-0.2, 0) is 14.3 Å². The molecule has 0 aliphatic carbocycles. The van der Waals surface area contributed by atoms with Gasteiger partial charge < -0.3 is 20.1 Å². The van der Waals surface area contributed by atoms with Crippen LogP contribution in [0.3, 0.4) is 0 Å². The fourth-order valence-corrected chi connectivity index (χ4v) is 3.10. The highest BCUT2D eigenvalue weighted by Gasteiger charge is 2.31. The Bertz CT molecular complexity index is 293. The first-order chi connectivity index (χ1) is 9.81. The number of halogens is 1. The first kappa shape index (κ1) is 18.7. The van der Waals surface area contributed by atoms with Gasteiger partial charge in [-0.2, -0.15) is 0 Å². The molecule has 2 aliphatic heterocycles. The number of esters is 1. The van der Waals surface area contributed by atoms with Gasteiger partial charge in [0.1, 0.15) is 6.04 Å². The molecule has 0 amide bonds. The molecule has 2 saturated heterocycles. The van der Waals surface area contributed by atoms with Crippen molar-refractivity contribution in [3.8, 4) is 0 Å². The standard InChI is InChI=1S/C15H28N2O3.ClH/c1-2-20-15(18)14(13-5-9-19-10-6-13)17-11-12-3-7-16-8-4-12;/h12-14,16-17H,2-11H2,1H3;1H. The molecule has 6 heteroatoms. The molecular formula is C15H29ClN2O3. The summed E-state index contributed by atoms with van der Waals surface area (Å²) in [5.41, 5.74) is 0. The quantitative estimate of drug-likeness (QED) is 0.724. The Morgan fingerprint density at radius 3 is 2.57 bits per heavy atom. The number of hydrogen-bond donors (Lipinski definition) is 2. The zero-order valence-corrected chi connectivity index (χ0v) is 13.8. The zero-order chi connectivity index (χ0) is 14.2. The van der Waals surface area contributed by atoms with Gasteiger partial charge in [0, 0.05) is 13.2 Å². The maximum Gasteiger partial charge on any atom is 0.323 e. The Morgan fingerprint density at radius 2 is 1.95 bits per heavy atom. The molecule has 2 N–H and O–H groups in total. The van der Waals surface area contributed by atoms with E-state index in [1.807, 2.05) is 6.92 Å². The third kappa shape index (κ3) is 6.10. The molecule has 0 aromatic rings. The van der Waals surface area contributed by atoms with E-state index in [0.29, 0.717) is 18.4 Å². The maximum absolute atomic E-state index is 12.2. The summed E-state index contributed by atoms with van der Waals surface area (Å²) in [6.45, 7) is 6.94. The van der Waals surface area contributed by atoms with Crippen molar-refractivity contribution in [2.24, 2.45) is 11.8 Å². The summed E-state index contributed by atoms with van der Waals surface area (Å²) in [6.07, 6.45) is 4.28. The molecule has 0 radical (unpaired) electrons. The van der Waals surface area contributed by atoms with Gasteiger partial charge in [-0.05, 0) is 64.1 Å². The summed E-state index contributed by atoms with van der Waals surface area (Å²) in [7, 11) is 0. The normalized spacial score (nSPS) is 22.3. The molecule has 2 rings (SSSR count). The van der Waals surface area contributed by atoms with Gasteiger partial charge >= 0.3 is 5.97 Å². The van der Waals surface area contributed by atoms with E-state index in [1.165, 1.54) is 12.8 Å². The van der Waals surface area contributed by atoms with Crippen LogP contribution in [-0.4, -0.2) is 51.5 Å². The molecule has 0 aromatic heterocycles. The molecule has 21 heavy (non-hydrogen) atoms. The fourth-order valence-electron chi connectivity index (χ4n) is 3.10. The topological polar surface area (TPSA) is 59.6 Å². The van der Waals surface area contributed by atoms with Crippen molar-refractivity contribution in [1.29, 1.82) is 0 Å². The van der Waals surface area contributed by atoms with Crippen LogP contribution in [0.4, 0.5) is 0 Å². The lowest BCUT2D eigenvalue weighted by atomic mass is 9.90. The van der Waals surface area contributed by atoms with Gasteiger partial charge in [0.25, 0.3) is 0 Å². The van der Waals surface area contributed by atoms with Gasteiger partial charge in [0.05, 0.1) is 6.61 Å². The Morgan fingerprint density at radius 1 is 1.29 bits per heavy atom. The highest BCUT2D eigenvalue weighted by atomic mass is 35.5. The number of carbonyl (C=O) groups excluding carboxylic acids is 1. The van der Waals surface area contributed by atoms with Crippen LogP contribution in [0.5, 0.6) is 0 Å². The fraction of sp³-hybridized carbons (Fsp3) is 0.933. The van der Waals surface area contributed by atoms with E-state index in [-0.39, 0.29) is 24.4 Å². The average molecular weight is 321 g/mol. The third-order valence-electron chi connectivity index (χ3n) is 4.36. The van der Waals surface area contributed by atoms with E-state index in [1.54, 1.807) is 0 Å². The Labute approximate surface area is 133 Å². The highest BCUT2D eigenvalue weighted by molar-refractivity contribution is 5.85. The summed E-state index contributed by atoms with van der Waals surface area (Å²) < 4.78 is 10.6. The Balaban J connectivity index is 0.00000220. The first-order valence-electron chi connectivity index (χ1n) is 7.99. The lowest BCUT2D eigenvalue weighted by Gasteiger charge is -2.31. The van der Waals surface area contributed by atoms with E-state index in [2.05, 4.69) is 10.6 Å². The summed E-state index contributed by atoms with van der Waals surface area (Å²) in [6, 6.07) is -0.159. The van der Waals surface area contributed by atoms with Gasteiger partial charge in [-0.1, -0.05) is 0 Å². The predicted octanol–water partition coefficient (Wildman–Crippen LogP) is 1.36. The summed E-state index contributed by atoms with van der Waals surface area (Å²) in [4.78, 5) is 12.2. The number of carbonyl (C=O) groups is 1. The van der Waals surface area contributed by atoms with E-state index >= 15 is 0 Å². The van der Waals surface area contributed by atoms with Gasteiger partial charge in [-0.15, -0.1) is 12.4 Å². The molecule has 0 aromatic carbocycles. The number of hydrogen-bond acceptors (Lipinski definition) is 5. The monoisotopic (exact) mass is 320 g/mol. The number of rotatable bonds is 6. The minimum atomic E-state index is -0.159. The van der Waals surface area contributed by atoms with Crippen molar-refractivity contribution in [1.82, 2.24) is 10.6 Å². The molecule has 0 bridgehead atoms. The highest BCUT2D eigenvalue weighted by Crippen LogP contribution is 2.21. The van der Waals surface area contributed by atoms with Crippen LogP contribution in [0, 0.1) is 11.8 Å².